The van der Waals surface area contributed by atoms with Gasteiger partial charge < -0.3 is 39.7 Å². The molecule has 0 spiro atoms. The molecule has 0 unspecified atom stereocenters. The first-order chi connectivity index (χ1) is 20.7. The van der Waals surface area contributed by atoms with Gasteiger partial charge in [0.2, 0.25) is 5.91 Å². The summed E-state index contributed by atoms with van der Waals surface area (Å²) >= 11 is 0. The van der Waals surface area contributed by atoms with Crippen LogP contribution in [0, 0.1) is 0 Å². The van der Waals surface area contributed by atoms with E-state index < -0.39 is 33.3 Å². The third kappa shape index (κ3) is 7.33. The van der Waals surface area contributed by atoms with Gasteiger partial charge in [0.25, 0.3) is 0 Å². The molecule has 0 saturated heterocycles. The van der Waals surface area contributed by atoms with E-state index in [1.54, 1.807) is 66.7 Å². The number of benzene rings is 4. The second kappa shape index (κ2) is 13.8. The Hall–Kier alpha value is -4.68. The van der Waals surface area contributed by atoms with Gasteiger partial charge in [0, 0.05) is 5.56 Å². The summed E-state index contributed by atoms with van der Waals surface area (Å²) in [6.07, 6.45) is 0. The van der Waals surface area contributed by atoms with Crippen LogP contribution in [-0.2, 0) is 22.5 Å². The maximum atomic E-state index is 11.0. The Bertz CT molecular complexity index is 1460. The van der Waals surface area contributed by atoms with E-state index in [9.17, 15) is 24.0 Å². The fourth-order valence-corrected chi connectivity index (χ4v) is 4.16. The minimum Gasteiger partial charge on any atom is -0.478 e. The summed E-state index contributed by atoms with van der Waals surface area (Å²) in [5.74, 6) is 0.974. The summed E-state index contributed by atoms with van der Waals surface area (Å²) in [6, 6.07) is 23.4. The highest BCUT2D eigenvalue weighted by molar-refractivity contribution is 6.62. The number of nitrogens with two attached hydrogens (primary N) is 1. The number of halogens is 1. The van der Waals surface area contributed by atoms with E-state index in [4.69, 9.17) is 31.0 Å². The quantitative estimate of drug-likeness (QED) is 0.254. The number of ether oxygens (including phenoxy) is 2. The smallest absolute Gasteiger partial charge is 0.478 e. The number of alkyl halides is 1. The van der Waals surface area contributed by atoms with Gasteiger partial charge in [0.05, 0.1) is 27.3 Å². The molecule has 2 aliphatic heterocycles. The van der Waals surface area contributed by atoms with E-state index in [1.165, 1.54) is 12.1 Å². The topological polar surface area (TPSA) is 158 Å². The van der Waals surface area contributed by atoms with Gasteiger partial charge >= 0.3 is 20.2 Å². The van der Waals surface area contributed by atoms with Crippen molar-refractivity contribution < 1.29 is 49.3 Å². The molecular weight excluding hydrogens is 547 g/mol. The van der Waals surface area contributed by atoms with Crippen LogP contribution in [0.15, 0.2) is 84.9 Å². The highest BCUT2D eigenvalue weighted by atomic mass is 19.1. The lowest BCUT2D eigenvalue weighted by Crippen LogP contribution is -2.27. The number of hydrogen-bond donors (Lipinski definition) is 4. The largest absolute Gasteiger partial charge is 0.491 e. The van der Waals surface area contributed by atoms with E-state index in [2.05, 4.69) is 0 Å². The molecule has 1 amide bonds. The summed E-state index contributed by atoms with van der Waals surface area (Å²) in [6.45, 7) is 0.722. The Balaban J connectivity index is 0.000000181. The average molecular weight is 574 g/mol. The van der Waals surface area contributed by atoms with Crippen LogP contribution in [0.1, 0.15) is 33.2 Å². The standard InChI is InChI=1S/C14H12BNO4.C14H11BO5.CH3F/c2*16-14(17)9-1-3-11(4-2-9)20-12-5-6-13-10(7-12)8-19-15(13)18;1-2/h1-7,18H,8H2,(H2,16,17);1-7,18H,8H2,(H,16,17);1H3/i;;1D. The first-order valence-corrected chi connectivity index (χ1v) is 12.5. The lowest BCUT2D eigenvalue weighted by atomic mass is 9.80. The van der Waals surface area contributed by atoms with Crippen LogP contribution in [0.4, 0.5) is 4.39 Å². The van der Waals surface area contributed by atoms with Crippen LogP contribution in [0.3, 0.4) is 0 Å². The van der Waals surface area contributed by atoms with Gasteiger partial charge in [0.15, 0.2) is 0 Å². The molecule has 13 heteroatoms. The third-order valence-corrected chi connectivity index (χ3v) is 6.27. The van der Waals surface area contributed by atoms with Crippen molar-refractivity contribution in [2.75, 3.05) is 7.15 Å². The summed E-state index contributed by atoms with van der Waals surface area (Å²) in [5, 5.41) is 27.9. The molecule has 0 radical (unpaired) electrons. The summed E-state index contributed by atoms with van der Waals surface area (Å²) in [5.41, 5.74) is 9.12. The van der Waals surface area contributed by atoms with Gasteiger partial charge in [-0.05, 0) is 94.8 Å². The van der Waals surface area contributed by atoms with Crippen LogP contribution >= 0.6 is 0 Å². The number of amides is 1. The molecule has 4 aromatic carbocycles. The number of rotatable bonds is 6. The van der Waals surface area contributed by atoms with Crippen LogP contribution in [0.2, 0.25) is 0 Å². The van der Waals surface area contributed by atoms with E-state index in [-0.39, 0.29) is 5.56 Å². The SMILES string of the molecule is NC(=O)c1ccc(Oc2ccc3c(c2)COB3O)cc1.O=C(O)c1ccc(Oc2ccc3c(c2)COB3O)cc1.[2H]CF. The monoisotopic (exact) mass is 574 g/mol. The lowest BCUT2D eigenvalue weighted by Gasteiger charge is -2.07. The normalized spacial score (nSPS) is 13.0. The van der Waals surface area contributed by atoms with Crippen molar-refractivity contribution >= 4 is 37.0 Å². The molecule has 0 aromatic heterocycles. The van der Waals surface area contributed by atoms with Crippen LogP contribution in [-0.4, -0.2) is 48.4 Å². The fraction of sp³-hybridized carbons (Fsp3) is 0.103. The maximum absolute atomic E-state index is 11.0. The number of carbonyl (C=O) groups excluding carboxylic acids is 1. The molecule has 5 N–H and O–H groups in total. The summed E-state index contributed by atoms with van der Waals surface area (Å²) < 4.78 is 37.1. The van der Waals surface area contributed by atoms with E-state index in [1.807, 2.05) is 6.07 Å². The Morgan fingerprint density at radius 3 is 1.52 bits per heavy atom. The molecule has 0 bridgehead atoms. The predicted octanol–water partition coefficient (Wildman–Crippen LogP) is 2.78. The second-order valence-corrected chi connectivity index (χ2v) is 8.97. The molecule has 6 rings (SSSR count). The van der Waals surface area contributed by atoms with Gasteiger partial charge in [0.1, 0.15) is 23.0 Å². The number of carbonyl (C=O) groups is 2. The zero-order valence-electron chi connectivity index (χ0n) is 23.1. The van der Waals surface area contributed by atoms with Gasteiger partial charge in [-0.3, -0.25) is 9.18 Å². The first-order valence-electron chi connectivity index (χ1n) is 13.2. The molecule has 0 saturated carbocycles. The molecule has 0 fully saturated rings. The van der Waals surface area contributed by atoms with Crippen molar-refractivity contribution in [1.82, 2.24) is 0 Å². The molecule has 214 valence electrons. The second-order valence-electron chi connectivity index (χ2n) is 8.97. The van der Waals surface area contributed by atoms with Gasteiger partial charge in [-0.2, -0.15) is 0 Å². The Morgan fingerprint density at radius 1 is 0.762 bits per heavy atom. The highest BCUT2D eigenvalue weighted by Gasteiger charge is 2.28. The van der Waals surface area contributed by atoms with Gasteiger partial charge in [-0.15, -0.1) is 0 Å². The molecule has 2 aliphatic rings. The molecule has 0 atom stereocenters. The number of carboxylic acid groups (broad SMARTS) is 1. The van der Waals surface area contributed by atoms with Crippen LogP contribution in [0.5, 0.6) is 23.0 Å². The Morgan fingerprint density at radius 2 is 1.14 bits per heavy atom. The number of primary amides is 1. The van der Waals surface area contributed by atoms with E-state index in [0.717, 1.165) is 22.1 Å². The first kappa shape index (κ1) is 28.8. The van der Waals surface area contributed by atoms with E-state index >= 15 is 0 Å². The van der Waals surface area contributed by atoms with Crippen LogP contribution in [0.25, 0.3) is 0 Å². The summed E-state index contributed by atoms with van der Waals surface area (Å²) in [7, 11) is -2.72. The molecule has 10 nitrogen and oxygen atoms in total. The van der Waals surface area contributed by atoms with Crippen LogP contribution < -0.4 is 26.1 Å². The number of aromatic carboxylic acids is 1. The number of carboxylic acids is 1. The van der Waals surface area contributed by atoms with E-state index in [0.29, 0.717) is 41.8 Å². The highest BCUT2D eigenvalue weighted by Crippen LogP contribution is 2.25. The van der Waals surface area contributed by atoms with Gasteiger partial charge in [-0.25, -0.2) is 4.79 Å². The Kier molecular flexibility index (Phi) is 9.47. The molecule has 4 aromatic rings. The molecule has 0 aliphatic carbocycles. The maximum Gasteiger partial charge on any atom is 0.491 e. The van der Waals surface area contributed by atoms with Crippen molar-refractivity contribution in [2.24, 2.45) is 5.73 Å². The van der Waals surface area contributed by atoms with Crippen molar-refractivity contribution in [3.05, 3.63) is 107 Å². The fourth-order valence-electron chi connectivity index (χ4n) is 4.16. The van der Waals surface area contributed by atoms with Crippen molar-refractivity contribution in [1.29, 1.82) is 0 Å². The average Bonchev–Trinajstić information content (AvgIpc) is 3.55. The number of fused-ring (bicyclic) bond motifs is 2. The lowest BCUT2D eigenvalue weighted by molar-refractivity contribution is 0.0696. The zero-order valence-corrected chi connectivity index (χ0v) is 22.1. The molecule has 2 heterocycles. The molecule has 42 heavy (non-hydrogen) atoms. The van der Waals surface area contributed by atoms with Crippen molar-refractivity contribution in [2.45, 2.75) is 13.2 Å². The Labute approximate surface area is 242 Å². The summed E-state index contributed by atoms with van der Waals surface area (Å²) in [4.78, 5) is 21.7. The predicted molar refractivity (Wildman–Crippen MR) is 153 cm³/mol. The minimum atomic E-state index is -1.00. The number of hydrogen-bond acceptors (Lipinski definition) is 8. The zero-order chi connectivity index (χ0) is 30.9. The minimum absolute atomic E-state index is 0.211. The molecular formula is C29H26B2FNO9. The van der Waals surface area contributed by atoms with Crippen molar-refractivity contribution in [3.63, 3.8) is 0 Å². The van der Waals surface area contributed by atoms with Crippen molar-refractivity contribution in [3.8, 4) is 23.0 Å². The van der Waals surface area contributed by atoms with Gasteiger partial charge in [-0.1, -0.05) is 12.1 Å². The third-order valence-electron chi connectivity index (χ3n) is 6.27.